The van der Waals surface area contributed by atoms with Crippen LogP contribution in [0.1, 0.15) is 53.9 Å². The minimum atomic E-state index is -0.782. The molecule has 0 saturated heterocycles. The SMILES string of the molecule is C[C@@H](CO)C/C(=C\CNC(=O)[C@H](C)NC(=O)[C@H](C)NC(=O)CCC(C)(C)S(C)=S)CO. The Morgan fingerprint density at radius 2 is 1.65 bits per heavy atom. The molecule has 0 rings (SSSR count). The quantitative estimate of drug-likeness (QED) is 0.229. The predicted octanol–water partition coefficient (Wildman–Crippen LogP) is 0.318. The van der Waals surface area contributed by atoms with Crippen LogP contribution in [0.4, 0.5) is 0 Å². The average Bonchev–Trinajstić information content (AvgIpc) is 2.70. The Hall–Kier alpha value is -1.36. The van der Waals surface area contributed by atoms with E-state index < -0.39 is 18.0 Å². The summed E-state index contributed by atoms with van der Waals surface area (Å²) < 4.78 is -0.120. The van der Waals surface area contributed by atoms with Gasteiger partial charge in [-0.15, -0.1) is 9.45 Å². The van der Waals surface area contributed by atoms with Crippen molar-refractivity contribution in [1.82, 2.24) is 16.0 Å². The number of carbonyl (C=O) groups is 3. The van der Waals surface area contributed by atoms with Crippen molar-refractivity contribution in [2.75, 3.05) is 26.0 Å². The maximum absolute atomic E-state index is 12.3. The summed E-state index contributed by atoms with van der Waals surface area (Å²) in [6.07, 6.45) is 5.12. The fourth-order valence-corrected chi connectivity index (χ4v) is 3.15. The van der Waals surface area contributed by atoms with Crippen molar-refractivity contribution in [2.24, 2.45) is 5.92 Å². The van der Waals surface area contributed by atoms with Crippen LogP contribution in [0, 0.1) is 5.92 Å². The molecule has 31 heavy (non-hydrogen) atoms. The van der Waals surface area contributed by atoms with E-state index in [4.69, 9.17) is 16.3 Å². The monoisotopic (exact) mass is 477 g/mol. The summed E-state index contributed by atoms with van der Waals surface area (Å²) in [7, 11) is -0.237. The second-order valence-corrected chi connectivity index (χ2v) is 12.0. The molecular formula is C21H39N3O5S2. The average molecular weight is 478 g/mol. The fraction of sp³-hybridized carbons (Fsp3) is 0.762. The van der Waals surface area contributed by atoms with Crippen molar-refractivity contribution in [2.45, 2.75) is 70.7 Å². The van der Waals surface area contributed by atoms with E-state index in [0.29, 0.717) is 12.8 Å². The molecule has 180 valence electrons. The van der Waals surface area contributed by atoms with Crippen LogP contribution in [-0.4, -0.2) is 70.8 Å². The summed E-state index contributed by atoms with van der Waals surface area (Å²) in [5.41, 5.74) is 0.726. The summed E-state index contributed by atoms with van der Waals surface area (Å²) in [5, 5.41) is 26.3. The van der Waals surface area contributed by atoms with E-state index in [1.165, 1.54) is 0 Å². The molecule has 0 saturated carbocycles. The number of amides is 3. The van der Waals surface area contributed by atoms with E-state index in [1.54, 1.807) is 19.9 Å². The van der Waals surface area contributed by atoms with Crippen molar-refractivity contribution >= 4 is 38.4 Å². The molecule has 0 heterocycles. The van der Waals surface area contributed by atoms with Gasteiger partial charge in [-0.05, 0) is 44.4 Å². The molecule has 8 nitrogen and oxygen atoms in total. The van der Waals surface area contributed by atoms with Crippen LogP contribution < -0.4 is 16.0 Å². The Bertz CT molecular complexity index is 667. The van der Waals surface area contributed by atoms with Gasteiger partial charge in [0.1, 0.15) is 12.1 Å². The standard InChI is InChI=1S/C21H39N3O5S2/c1-14(12-25)11-17(13-26)8-10-22-19(28)15(2)24-20(29)16(3)23-18(27)7-9-21(4,5)31(6)30/h8,14-16,25-26H,7,9-13H2,1-6H3,(H,22,28)(H,23,27)(H,24,29)/b17-8+/t14-,15+,16+,31?/m1/s1. The first-order valence-electron chi connectivity index (χ1n) is 10.4. The molecule has 10 heteroatoms. The Morgan fingerprint density at radius 3 is 2.16 bits per heavy atom. The highest BCUT2D eigenvalue weighted by atomic mass is 32.8. The molecule has 4 atom stereocenters. The highest BCUT2D eigenvalue weighted by molar-refractivity contribution is 8.29. The summed E-state index contributed by atoms with van der Waals surface area (Å²) in [4.78, 5) is 36.6. The van der Waals surface area contributed by atoms with Gasteiger partial charge < -0.3 is 26.2 Å². The van der Waals surface area contributed by atoms with Crippen molar-refractivity contribution < 1.29 is 24.6 Å². The van der Waals surface area contributed by atoms with Gasteiger partial charge in [-0.3, -0.25) is 14.4 Å². The lowest BCUT2D eigenvalue weighted by Gasteiger charge is -2.24. The van der Waals surface area contributed by atoms with Crippen molar-refractivity contribution in [3.63, 3.8) is 0 Å². The first kappa shape index (κ1) is 29.6. The lowest BCUT2D eigenvalue weighted by Crippen LogP contribution is -2.51. The molecule has 0 bridgehead atoms. The van der Waals surface area contributed by atoms with Crippen LogP contribution in [0.2, 0.25) is 0 Å². The maximum atomic E-state index is 12.3. The van der Waals surface area contributed by atoms with Crippen LogP contribution in [0.5, 0.6) is 0 Å². The molecule has 0 fully saturated rings. The lowest BCUT2D eigenvalue weighted by atomic mass is 10.0. The minimum absolute atomic E-state index is 0.0205. The molecule has 0 aromatic rings. The van der Waals surface area contributed by atoms with E-state index in [0.717, 1.165) is 5.57 Å². The van der Waals surface area contributed by atoms with Crippen molar-refractivity contribution in [3.8, 4) is 0 Å². The molecule has 3 amide bonds. The Labute approximate surface area is 193 Å². The zero-order valence-electron chi connectivity index (χ0n) is 19.5. The molecular weight excluding hydrogens is 438 g/mol. The van der Waals surface area contributed by atoms with E-state index in [2.05, 4.69) is 16.0 Å². The van der Waals surface area contributed by atoms with Gasteiger partial charge in [-0.2, -0.15) is 0 Å². The van der Waals surface area contributed by atoms with Gasteiger partial charge in [0.25, 0.3) is 0 Å². The minimum Gasteiger partial charge on any atom is -0.396 e. The normalized spacial score (nSPS) is 16.1. The lowest BCUT2D eigenvalue weighted by molar-refractivity contribution is -0.131. The highest BCUT2D eigenvalue weighted by Gasteiger charge is 2.23. The number of aliphatic hydroxyl groups excluding tert-OH is 2. The van der Waals surface area contributed by atoms with Gasteiger partial charge in [-0.25, -0.2) is 0 Å². The topological polar surface area (TPSA) is 128 Å². The smallest absolute Gasteiger partial charge is 0.242 e. The number of rotatable bonds is 14. The van der Waals surface area contributed by atoms with Gasteiger partial charge in [0, 0.05) is 24.3 Å². The van der Waals surface area contributed by atoms with Gasteiger partial charge in [0.2, 0.25) is 17.7 Å². The number of hydrogen-bond acceptors (Lipinski definition) is 6. The van der Waals surface area contributed by atoms with E-state index in [9.17, 15) is 19.5 Å². The van der Waals surface area contributed by atoms with Gasteiger partial charge in [0.05, 0.1) is 6.61 Å². The predicted molar refractivity (Wildman–Crippen MR) is 128 cm³/mol. The zero-order valence-corrected chi connectivity index (χ0v) is 21.1. The molecule has 0 aromatic heterocycles. The first-order chi connectivity index (χ1) is 14.3. The largest absolute Gasteiger partial charge is 0.396 e. The highest BCUT2D eigenvalue weighted by Crippen LogP contribution is 2.18. The van der Waals surface area contributed by atoms with Crippen molar-refractivity contribution in [3.05, 3.63) is 11.6 Å². The third kappa shape index (κ3) is 12.3. The van der Waals surface area contributed by atoms with Crippen LogP contribution >= 0.6 is 0 Å². The molecule has 1 unspecified atom stereocenters. The third-order valence-electron chi connectivity index (χ3n) is 5.05. The number of nitrogens with one attached hydrogen (secondary N) is 3. The van der Waals surface area contributed by atoms with Gasteiger partial charge in [0.15, 0.2) is 0 Å². The summed E-state index contributed by atoms with van der Waals surface area (Å²) in [6, 6.07) is -1.55. The second-order valence-electron chi connectivity index (χ2n) is 8.49. The summed E-state index contributed by atoms with van der Waals surface area (Å²) in [6.45, 7) is 9.12. The van der Waals surface area contributed by atoms with E-state index >= 15 is 0 Å². The molecule has 0 aromatic carbocycles. The maximum Gasteiger partial charge on any atom is 0.242 e. The number of carbonyl (C=O) groups excluding carboxylic acids is 3. The number of aliphatic hydroxyl groups is 2. The molecule has 0 radical (unpaired) electrons. The summed E-state index contributed by atoms with van der Waals surface area (Å²) >= 11 is 5.31. The molecule has 0 aliphatic heterocycles. The van der Waals surface area contributed by atoms with Crippen LogP contribution in [0.25, 0.3) is 0 Å². The van der Waals surface area contributed by atoms with Crippen molar-refractivity contribution in [1.29, 1.82) is 0 Å². The summed E-state index contributed by atoms with van der Waals surface area (Å²) in [5.74, 6) is -1.03. The van der Waals surface area contributed by atoms with Gasteiger partial charge >= 0.3 is 0 Å². The molecule has 0 spiro atoms. The number of hydrogen-bond donors (Lipinski definition) is 5. The fourth-order valence-electron chi connectivity index (χ4n) is 2.52. The molecule has 5 N–H and O–H groups in total. The van der Waals surface area contributed by atoms with Crippen LogP contribution in [0.15, 0.2) is 11.6 Å². The third-order valence-corrected chi connectivity index (χ3v) is 8.16. The Morgan fingerprint density at radius 1 is 1.06 bits per heavy atom. The molecule has 0 aliphatic carbocycles. The Kier molecular flexibility index (Phi) is 14.0. The Balaban J connectivity index is 4.48. The van der Waals surface area contributed by atoms with Crippen LogP contribution in [0.3, 0.4) is 0 Å². The first-order valence-corrected chi connectivity index (χ1v) is 13.0. The second kappa shape index (κ2) is 14.7. The van der Waals surface area contributed by atoms with Crippen LogP contribution in [-0.2, 0) is 35.0 Å². The zero-order chi connectivity index (χ0) is 24.2. The van der Waals surface area contributed by atoms with Gasteiger partial charge in [-0.1, -0.05) is 38.0 Å². The molecule has 0 aliphatic rings. The van der Waals surface area contributed by atoms with E-state index in [1.807, 2.05) is 27.0 Å². The van der Waals surface area contributed by atoms with E-state index in [-0.39, 0.29) is 58.1 Å².